The van der Waals surface area contributed by atoms with Crippen molar-refractivity contribution in [1.82, 2.24) is 0 Å². The Bertz CT molecular complexity index is 816. The van der Waals surface area contributed by atoms with Crippen molar-refractivity contribution in [3.8, 4) is 5.75 Å². The Morgan fingerprint density at radius 1 is 1.26 bits per heavy atom. The van der Waals surface area contributed by atoms with Crippen LogP contribution in [0.1, 0.15) is 84.6 Å². The SMILES string of the molecule is CCCCC(C)(C)C(O)/C=C/C1[C@@H]2CC[C@@H](O2)[C@@H]1CCc1cccc(O[C@H](CC)CC(=O)O)c1. The average molecular weight is 473 g/mol. The number of carbonyl (C=O) groups is 1. The number of aliphatic hydroxyl groups is 1. The van der Waals surface area contributed by atoms with Gasteiger partial charge in [0.2, 0.25) is 0 Å². The molecule has 3 rings (SSSR count). The molecule has 2 bridgehead atoms. The van der Waals surface area contributed by atoms with Crippen molar-refractivity contribution in [3.05, 3.63) is 42.0 Å². The van der Waals surface area contributed by atoms with Gasteiger partial charge in [-0.1, -0.05) is 64.8 Å². The normalized spacial score (nSPS) is 26.1. The predicted molar refractivity (Wildman–Crippen MR) is 135 cm³/mol. The van der Waals surface area contributed by atoms with Gasteiger partial charge in [0.25, 0.3) is 0 Å². The van der Waals surface area contributed by atoms with Crippen LogP contribution in [-0.4, -0.2) is 40.6 Å². The molecule has 0 aromatic heterocycles. The summed E-state index contributed by atoms with van der Waals surface area (Å²) < 4.78 is 12.2. The van der Waals surface area contributed by atoms with Crippen LogP contribution in [0.25, 0.3) is 0 Å². The van der Waals surface area contributed by atoms with Crippen LogP contribution in [0.3, 0.4) is 0 Å². The van der Waals surface area contributed by atoms with E-state index in [1.807, 2.05) is 31.2 Å². The number of benzene rings is 1. The topological polar surface area (TPSA) is 76.0 Å². The van der Waals surface area contributed by atoms with Crippen LogP contribution in [0, 0.1) is 17.3 Å². The molecule has 0 aliphatic carbocycles. The largest absolute Gasteiger partial charge is 0.490 e. The molecular weight excluding hydrogens is 428 g/mol. The van der Waals surface area contributed by atoms with Gasteiger partial charge >= 0.3 is 5.97 Å². The van der Waals surface area contributed by atoms with Gasteiger partial charge in [0.15, 0.2) is 0 Å². The maximum Gasteiger partial charge on any atom is 0.307 e. The first-order valence-corrected chi connectivity index (χ1v) is 13.2. The zero-order valence-electron chi connectivity index (χ0n) is 21.4. The highest BCUT2D eigenvalue weighted by atomic mass is 16.5. The fraction of sp³-hybridized carbons (Fsp3) is 0.690. The van der Waals surface area contributed by atoms with Gasteiger partial charge in [0, 0.05) is 5.92 Å². The summed E-state index contributed by atoms with van der Waals surface area (Å²) in [6.07, 6.45) is 12.3. The maximum absolute atomic E-state index is 11.1. The summed E-state index contributed by atoms with van der Waals surface area (Å²) in [5.74, 6) is 0.719. The van der Waals surface area contributed by atoms with Crippen molar-refractivity contribution < 1.29 is 24.5 Å². The first kappa shape index (κ1) is 26.7. The smallest absolute Gasteiger partial charge is 0.307 e. The number of carboxylic acids is 1. The second-order valence-electron chi connectivity index (χ2n) is 10.9. The summed E-state index contributed by atoms with van der Waals surface area (Å²) in [4.78, 5) is 11.1. The number of aryl methyl sites for hydroxylation is 1. The van der Waals surface area contributed by atoms with Crippen LogP contribution in [-0.2, 0) is 16.0 Å². The number of fused-ring (bicyclic) bond motifs is 2. The van der Waals surface area contributed by atoms with Gasteiger partial charge in [-0.3, -0.25) is 4.79 Å². The van der Waals surface area contributed by atoms with Crippen molar-refractivity contribution in [2.24, 2.45) is 17.3 Å². The molecule has 0 spiro atoms. The van der Waals surface area contributed by atoms with E-state index in [4.69, 9.17) is 14.6 Å². The quantitative estimate of drug-likeness (QED) is 0.316. The van der Waals surface area contributed by atoms with Crippen LogP contribution in [0.4, 0.5) is 0 Å². The molecule has 0 saturated carbocycles. The highest BCUT2D eigenvalue weighted by Gasteiger charge is 2.47. The predicted octanol–water partition coefficient (Wildman–Crippen LogP) is 6.18. The standard InChI is InChI=1S/C29H44O5/c1-5-7-17-29(3,4)27(30)16-13-24-23(25-14-15-26(24)34-25)12-11-20-9-8-10-22(18-20)33-21(6-2)19-28(31)32/h8-10,13,16,18,21,23-27,30H,5-7,11-12,14-15,17,19H2,1-4H3,(H,31,32)/b16-13+/t21-,23-,24?,25-,26+,27?/m1/s1. The Balaban J connectivity index is 1.61. The molecule has 34 heavy (non-hydrogen) atoms. The molecule has 2 unspecified atom stereocenters. The Morgan fingerprint density at radius 2 is 2.03 bits per heavy atom. The van der Waals surface area contributed by atoms with E-state index in [1.54, 1.807) is 0 Å². The molecule has 1 aromatic rings. The molecule has 0 amide bonds. The van der Waals surface area contributed by atoms with E-state index in [9.17, 15) is 9.90 Å². The third-order valence-electron chi connectivity index (χ3n) is 7.80. The highest BCUT2D eigenvalue weighted by Crippen LogP contribution is 2.46. The molecule has 2 fully saturated rings. The first-order valence-electron chi connectivity index (χ1n) is 13.2. The molecule has 1 aromatic carbocycles. The average Bonchev–Trinajstić information content (AvgIpc) is 3.41. The fourth-order valence-electron chi connectivity index (χ4n) is 5.49. The summed E-state index contributed by atoms with van der Waals surface area (Å²) >= 11 is 0. The molecule has 5 heteroatoms. The minimum absolute atomic E-state index is 0.0122. The number of aliphatic carboxylic acids is 1. The molecular formula is C29H44O5. The summed E-state index contributed by atoms with van der Waals surface area (Å²) in [5.41, 5.74) is 1.09. The van der Waals surface area contributed by atoms with E-state index >= 15 is 0 Å². The van der Waals surface area contributed by atoms with E-state index in [-0.39, 0.29) is 24.0 Å². The van der Waals surface area contributed by atoms with Gasteiger partial charge in [-0.2, -0.15) is 0 Å². The summed E-state index contributed by atoms with van der Waals surface area (Å²) in [6, 6.07) is 8.05. The Morgan fingerprint density at radius 3 is 2.74 bits per heavy atom. The van der Waals surface area contributed by atoms with Gasteiger partial charge in [0.05, 0.1) is 24.7 Å². The summed E-state index contributed by atoms with van der Waals surface area (Å²) in [7, 11) is 0. The van der Waals surface area contributed by atoms with Gasteiger partial charge in [-0.15, -0.1) is 0 Å². The number of unbranched alkanes of at least 4 members (excludes halogenated alkanes) is 1. The summed E-state index contributed by atoms with van der Waals surface area (Å²) in [6.45, 7) is 8.44. The third kappa shape index (κ3) is 7.08. The molecule has 2 N–H and O–H groups in total. The molecule has 2 saturated heterocycles. The fourth-order valence-corrected chi connectivity index (χ4v) is 5.49. The number of rotatable bonds is 14. The Labute approximate surface area is 205 Å². The lowest BCUT2D eigenvalue weighted by molar-refractivity contribution is -0.138. The zero-order chi connectivity index (χ0) is 24.7. The van der Waals surface area contributed by atoms with Crippen molar-refractivity contribution in [3.63, 3.8) is 0 Å². The Kier molecular flexibility index (Phi) is 9.61. The van der Waals surface area contributed by atoms with E-state index in [1.165, 1.54) is 5.56 Å². The van der Waals surface area contributed by atoms with Crippen LogP contribution in [0.15, 0.2) is 36.4 Å². The highest BCUT2D eigenvalue weighted by molar-refractivity contribution is 5.67. The molecule has 2 aliphatic heterocycles. The van der Waals surface area contributed by atoms with Gasteiger partial charge < -0.3 is 19.7 Å². The summed E-state index contributed by atoms with van der Waals surface area (Å²) in [5, 5.41) is 19.9. The maximum atomic E-state index is 11.1. The van der Waals surface area contributed by atoms with E-state index < -0.39 is 12.1 Å². The molecule has 190 valence electrons. The van der Waals surface area contributed by atoms with E-state index in [0.717, 1.165) is 50.7 Å². The third-order valence-corrected chi connectivity index (χ3v) is 7.80. The lowest BCUT2D eigenvalue weighted by atomic mass is 9.75. The lowest BCUT2D eigenvalue weighted by Crippen LogP contribution is -2.29. The minimum atomic E-state index is -0.836. The van der Waals surface area contributed by atoms with Gasteiger partial charge in [-0.25, -0.2) is 0 Å². The Hall–Kier alpha value is -1.85. The minimum Gasteiger partial charge on any atom is -0.490 e. The van der Waals surface area contributed by atoms with Gasteiger partial charge in [-0.05, 0) is 67.6 Å². The molecule has 0 radical (unpaired) electrons. The second kappa shape index (κ2) is 12.2. The van der Waals surface area contributed by atoms with E-state index in [2.05, 4.69) is 32.9 Å². The van der Waals surface area contributed by atoms with Crippen molar-refractivity contribution in [2.45, 2.75) is 110 Å². The molecule has 5 nitrogen and oxygen atoms in total. The lowest BCUT2D eigenvalue weighted by Gasteiger charge is -2.30. The van der Waals surface area contributed by atoms with Crippen molar-refractivity contribution in [2.75, 3.05) is 0 Å². The van der Waals surface area contributed by atoms with Crippen LogP contribution in [0.5, 0.6) is 5.75 Å². The molecule has 2 aliphatic rings. The monoisotopic (exact) mass is 472 g/mol. The molecule has 2 heterocycles. The number of carboxylic acid groups (broad SMARTS) is 1. The van der Waals surface area contributed by atoms with Crippen LogP contribution in [0.2, 0.25) is 0 Å². The van der Waals surface area contributed by atoms with Gasteiger partial charge in [0.1, 0.15) is 11.9 Å². The number of hydrogen-bond acceptors (Lipinski definition) is 4. The number of aliphatic hydroxyl groups excluding tert-OH is 1. The van der Waals surface area contributed by atoms with Crippen molar-refractivity contribution >= 4 is 5.97 Å². The van der Waals surface area contributed by atoms with Crippen LogP contribution < -0.4 is 4.74 Å². The first-order chi connectivity index (χ1) is 16.2. The van der Waals surface area contributed by atoms with Crippen LogP contribution >= 0.6 is 0 Å². The number of ether oxygens (including phenoxy) is 2. The number of hydrogen-bond donors (Lipinski definition) is 2. The zero-order valence-corrected chi connectivity index (χ0v) is 21.4. The van der Waals surface area contributed by atoms with E-state index in [0.29, 0.717) is 24.4 Å². The molecule has 6 atom stereocenters. The second-order valence-corrected chi connectivity index (χ2v) is 10.9. The van der Waals surface area contributed by atoms with Crippen molar-refractivity contribution in [1.29, 1.82) is 0 Å².